The maximum absolute atomic E-state index is 11.2. The molecule has 0 aliphatic carbocycles. The molecule has 1 unspecified atom stereocenters. The lowest BCUT2D eigenvalue weighted by Gasteiger charge is -2.19. The molecule has 1 heterocycles. The maximum Gasteiger partial charge on any atom is 0.323 e. The van der Waals surface area contributed by atoms with Gasteiger partial charge in [0.1, 0.15) is 6.04 Å². The number of hydrogen-bond acceptors (Lipinski definition) is 3. The summed E-state index contributed by atoms with van der Waals surface area (Å²) in [5.41, 5.74) is 0. The second-order valence-electron chi connectivity index (χ2n) is 3.21. The van der Waals surface area contributed by atoms with Crippen molar-refractivity contribution in [3.63, 3.8) is 0 Å². The van der Waals surface area contributed by atoms with Crippen LogP contribution in [0.15, 0.2) is 0 Å². The first-order valence-electron chi connectivity index (χ1n) is 3.95. The first kappa shape index (κ1) is 8.53. The molecule has 1 aliphatic heterocycles. The van der Waals surface area contributed by atoms with Gasteiger partial charge in [-0.3, -0.25) is 9.69 Å². The fourth-order valence-electron chi connectivity index (χ4n) is 1.67. The minimum Gasteiger partial charge on any atom is -0.468 e. The van der Waals surface area contributed by atoms with Crippen LogP contribution in [0.4, 0.5) is 0 Å². The number of carbonyl (C=O) groups is 1. The third kappa shape index (κ3) is 1.53. The van der Waals surface area contributed by atoms with Gasteiger partial charge < -0.3 is 4.74 Å². The van der Waals surface area contributed by atoms with Gasteiger partial charge in [-0.2, -0.15) is 0 Å². The molecule has 0 aromatic carbocycles. The Labute approximate surface area is 67.3 Å². The first-order chi connectivity index (χ1) is 5.16. The summed E-state index contributed by atoms with van der Waals surface area (Å²) in [7, 11) is 3.41. The maximum atomic E-state index is 11.2. The Morgan fingerprint density at radius 2 is 2.27 bits per heavy atom. The number of esters is 1. The zero-order valence-electron chi connectivity index (χ0n) is 7.33. The Balaban J connectivity index is 2.60. The van der Waals surface area contributed by atoms with Gasteiger partial charge in [-0.15, -0.1) is 0 Å². The third-order valence-electron chi connectivity index (χ3n) is 2.39. The summed E-state index contributed by atoms with van der Waals surface area (Å²) in [5, 5.41) is 0. The van der Waals surface area contributed by atoms with Gasteiger partial charge in [0.25, 0.3) is 0 Å². The summed E-state index contributed by atoms with van der Waals surface area (Å²) < 4.78 is 4.69. The van der Waals surface area contributed by atoms with Crippen LogP contribution in [-0.2, 0) is 9.53 Å². The molecule has 0 saturated carbocycles. The minimum atomic E-state index is -0.0995. The van der Waals surface area contributed by atoms with E-state index in [1.165, 1.54) is 7.11 Å². The number of ether oxygens (including phenoxy) is 1. The Kier molecular flexibility index (Phi) is 2.49. The molecule has 11 heavy (non-hydrogen) atoms. The van der Waals surface area contributed by atoms with Crippen molar-refractivity contribution < 1.29 is 9.53 Å². The zero-order chi connectivity index (χ0) is 8.43. The van der Waals surface area contributed by atoms with Gasteiger partial charge in [0.2, 0.25) is 0 Å². The second kappa shape index (κ2) is 3.22. The molecule has 1 fully saturated rings. The van der Waals surface area contributed by atoms with Gasteiger partial charge in [-0.1, -0.05) is 6.92 Å². The van der Waals surface area contributed by atoms with Crippen molar-refractivity contribution in [2.45, 2.75) is 19.4 Å². The molecule has 0 N–H and O–H groups in total. The van der Waals surface area contributed by atoms with Gasteiger partial charge in [0.05, 0.1) is 7.11 Å². The molecule has 1 saturated heterocycles. The average Bonchev–Trinajstić information content (AvgIpc) is 2.30. The molecule has 0 aromatic heterocycles. The van der Waals surface area contributed by atoms with Crippen molar-refractivity contribution in [1.29, 1.82) is 0 Å². The number of rotatable bonds is 1. The predicted octanol–water partition coefficient (Wildman–Crippen LogP) is 0.500. The summed E-state index contributed by atoms with van der Waals surface area (Å²) in [4.78, 5) is 13.2. The van der Waals surface area contributed by atoms with E-state index in [9.17, 15) is 4.79 Å². The lowest BCUT2D eigenvalue weighted by molar-refractivity contribution is -0.146. The van der Waals surface area contributed by atoms with Crippen LogP contribution < -0.4 is 0 Å². The standard InChI is InChI=1S/C8H15NO2/c1-6-4-5-9(2)7(6)8(10)11-3/h6-7H,4-5H2,1-3H3/t6?,7-/m0/s1. The third-order valence-corrected chi connectivity index (χ3v) is 2.39. The summed E-state index contributed by atoms with van der Waals surface area (Å²) in [5.74, 6) is 0.338. The highest BCUT2D eigenvalue weighted by Crippen LogP contribution is 2.22. The quantitative estimate of drug-likeness (QED) is 0.519. The minimum absolute atomic E-state index is 0.0139. The number of nitrogens with zero attached hydrogens (tertiary/aromatic N) is 1. The molecule has 2 atom stereocenters. The molecule has 1 aliphatic rings. The topological polar surface area (TPSA) is 29.5 Å². The van der Waals surface area contributed by atoms with E-state index in [-0.39, 0.29) is 12.0 Å². The molecule has 0 aromatic rings. The predicted molar refractivity (Wildman–Crippen MR) is 42.2 cm³/mol. The largest absolute Gasteiger partial charge is 0.468 e. The highest BCUT2D eigenvalue weighted by Gasteiger charge is 2.34. The van der Waals surface area contributed by atoms with Crippen LogP contribution in [0.25, 0.3) is 0 Å². The van der Waals surface area contributed by atoms with E-state index in [2.05, 4.69) is 11.8 Å². The molecular weight excluding hydrogens is 142 g/mol. The molecule has 0 radical (unpaired) electrons. The van der Waals surface area contributed by atoms with Gasteiger partial charge in [-0.05, 0) is 25.9 Å². The molecular formula is C8H15NO2. The fourth-order valence-corrected chi connectivity index (χ4v) is 1.67. The summed E-state index contributed by atoms with van der Waals surface area (Å²) in [6, 6.07) is -0.0139. The zero-order valence-corrected chi connectivity index (χ0v) is 7.33. The molecule has 0 bridgehead atoms. The lowest BCUT2D eigenvalue weighted by atomic mass is 10.0. The number of likely N-dealkylation sites (tertiary alicyclic amines) is 1. The highest BCUT2D eigenvalue weighted by molar-refractivity contribution is 5.76. The molecule has 0 spiro atoms. The van der Waals surface area contributed by atoms with Crippen LogP contribution in [0.2, 0.25) is 0 Å². The van der Waals surface area contributed by atoms with E-state index in [4.69, 9.17) is 4.74 Å². The molecule has 1 rings (SSSR count). The van der Waals surface area contributed by atoms with Gasteiger partial charge in [-0.25, -0.2) is 0 Å². The highest BCUT2D eigenvalue weighted by atomic mass is 16.5. The van der Waals surface area contributed by atoms with Crippen molar-refractivity contribution in [2.75, 3.05) is 20.7 Å². The van der Waals surface area contributed by atoms with Crippen LogP contribution in [0, 0.1) is 5.92 Å². The van der Waals surface area contributed by atoms with Gasteiger partial charge in [0, 0.05) is 0 Å². The summed E-state index contributed by atoms with van der Waals surface area (Å²) in [6.45, 7) is 3.09. The second-order valence-corrected chi connectivity index (χ2v) is 3.21. The van der Waals surface area contributed by atoms with Crippen LogP contribution >= 0.6 is 0 Å². The Bertz CT molecular complexity index is 148. The van der Waals surface area contributed by atoms with E-state index in [0.717, 1.165) is 13.0 Å². The van der Waals surface area contributed by atoms with Gasteiger partial charge in [0.15, 0.2) is 0 Å². The van der Waals surface area contributed by atoms with Crippen LogP contribution in [0.3, 0.4) is 0 Å². The summed E-state index contributed by atoms with van der Waals surface area (Å²) >= 11 is 0. The van der Waals surface area contributed by atoms with Gasteiger partial charge >= 0.3 is 5.97 Å². The van der Waals surface area contributed by atoms with Crippen LogP contribution in [-0.4, -0.2) is 37.6 Å². The Hall–Kier alpha value is -0.570. The first-order valence-corrected chi connectivity index (χ1v) is 3.95. The molecule has 3 nitrogen and oxygen atoms in total. The van der Waals surface area contributed by atoms with Crippen LogP contribution in [0.1, 0.15) is 13.3 Å². The van der Waals surface area contributed by atoms with E-state index in [0.29, 0.717) is 5.92 Å². The van der Waals surface area contributed by atoms with Crippen molar-refractivity contribution in [3.05, 3.63) is 0 Å². The van der Waals surface area contributed by atoms with E-state index < -0.39 is 0 Å². The molecule has 64 valence electrons. The number of carbonyl (C=O) groups excluding carboxylic acids is 1. The van der Waals surface area contributed by atoms with E-state index >= 15 is 0 Å². The van der Waals surface area contributed by atoms with Crippen LogP contribution in [0.5, 0.6) is 0 Å². The Morgan fingerprint density at radius 1 is 1.64 bits per heavy atom. The van der Waals surface area contributed by atoms with E-state index in [1.807, 2.05) is 7.05 Å². The van der Waals surface area contributed by atoms with E-state index in [1.54, 1.807) is 0 Å². The molecule has 0 amide bonds. The lowest BCUT2D eigenvalue weighted by Crippen LogP contribution is -2.37. The Morgan fingerprint density at radius 3 is 2.64 bits per heavy atom. The number of hydrogen-bond donors (Lipinski definition) is 0. The van der Waals surface area contributed by atoms with Crippen molar-refractivity contribution in [3.8, 4) is 0 Å². The number of likely N-dealkylation sites (N-methyl/N-ethyl adjacent to an activating group) is 1. The smallest absolute Gasteiger partial charge is 0.323 e. The summed E-state index contributed by atoms with van der Waals surface area (Å²) in [6.07, 6.45) is 1.09. The van der Waals surface area contributed by atoms with Crippen molar-refractivity contribution >= 4 is 5.97 Å². The monoisotopic (exact) mass is 157 g/mol. The average molecular weight is 157 g/mol. The number of methoxy groups -OCH3 is 1. The molecule has 3 heteroatoms. The van der Waals surface area contributed by atoms with Crippen molar-refractivity contribution in [1.82, 2.24) is 4.90 Å². The fraction of sp³-hybridized carbons (Fsp3) is 0.875. The van der Waals surface area contributed by atoms with Crippen molar-refractivity contribution in [2.24, 2.45) is 5.92 Å². The SMILES string of the molecule is COC(=O)[C@@H]1C(C)CCN1C. The normalized spacial score (nSPS) is 32.3.